The van der Waals surface area contributed by atoms with E-state index in [0.717, 1.165) is 24.6 Å². The van der Waals surface area contributed by atoms with Crippen LogP contribution < -0.4 is 10.7 Å². The second-order valence-corrected chi connectivity index (χ2v) is 15.8. The molecule has 3 aliphatic rings. The fraction of sp³-hybridized carbons (Fsp3) is 0.542. The number of fused-ring (bicyclic) bond motifs is 1. The molecule has 1 amide bonds. The molecule has 1 saturated heterocycles. The molecule has 0 aromatic carbocycles. The Balaban J connectivity index is 1.34. The van der Waals surface area contributed by atoms with E-state index in [0.29, 0.717) is 43.5 Å². The van der Waals surface area contributed by atoms with Crippen LogP contribution in [0.4, 0.5) is 0 Å². The molecule has 0 radical (unpaired) electrons. The van der Waals surface area contributed by atoms with Gasteiger partial charge in [-0.05, 0) is 31.0 Å². The normalized spacial score (nSPS) is 21.9. The van der Waals surface area contributed by atoms with Crippen LogP contribution in [0.3, 0.4) is 0 Å². The summed E-state index contributed by atoms with van der Waals surface area (Å²) in [7, 11) is -1.14. The maximum Gasteiger partial charge on any atom is 0.275 e. The molecule has 3 aliphatic heterocycles. The summed E-state index contributed by atoms with van der Waals surface area (Å²) >= 11 is 0. The van der Waals surface area contributed by atoms with Crippen molar-refractivity contribution in [2.45, 2.75) is 63.8 Å². The third kappa shape index (κ3) is 6.82. The zero-order chi connectivity index (χ0) is 24.8. The van der Waals surface area contributed by atoms with Crippen LogP contribution in [0.25, 0.3) is 0 Å². The first-order valence-electron chi connectivity index (χ1n) is 12.0. The fourth-order valence-electron chi connectivity index (χ4n) is 3.99. The van der Waals surface area contributed by atoms with Gasteiger partial charge in [-0.3, -0.25) is 9.80 Å². The van der Waals surface area contributed by atoms with Gasteiger partial charge in [-0.1, -0.05) is 19.6 Å². The summed E-state index contributed by atoms with van der Waals surface area (Å²) in [4.78, 5) is 17.2. The third-order valence-electron chi connectivity index (χ3n) is 5.99. The molecule has 11 heteroatoms. The first-order chi connectivity index (χ1) is 16.8. The number of aromatic nitrogens is 2. The van der Waals surface area contributed by atoms with E-state index < -0.39 is 8.07 Å². The number of nitriles is 1. The topological polar surface area (TPSA) is 114 Å². The minimum absolute atomic E-state index is 0.000156. The fourth-order valence-corrected chi connectivity index (χ4v) is 4.74. The maximum atomic E-state index is 12.9. The number of nitrogens with one attached hydrogen (secondary N) is 2. The van der Waals surface area contributed by atoms with Gasteiger partial charge in [0.05, 0.1) is 43.3 Å². The van der Waals surface area contributed by atoms with Gasteiger partial charge in [0.1, 0.15) is 30.5 Å². The number of hydrazine groups is 1. The molecule has 1 fully saturated rings. The van der Waals surface area contributed by atoms with Gasteiger partial charge in [0.2, 0.25) is 0 Å². The van der Waals surface area contributed by atoms with E-state index in [4.69, 9.17) is 19.5 Å². The van der Waals surface area contributed by atoms with Crippen LogP contribution in [-0.2, 0) is 20.9 Å². The third-order valence-corrected chi connectivity index (χ3v) is 7.70. The largest absolute Gasteiger partial charge is 0.485 e. The molecule has 2 unspecified atom stereocenters. The van der Waals surface area contributed by atoms with Crippen LogP contribution in [0.1, 0.15) is 29.8 Å². The molecular weight excluding hydrogens is 464 g/mol. The molecule has 2 N–H and O–H groups in total. The van der Waals surface area contributed by atoms with E-state index >= 15 is 0 Å². The Labute approximate surface area is 207 Å². The summed E-state index contributed by atoms with van der Waals surface area (Å²) < 4.78 is 19.1. The van der Waals surface area contributed by atoms with Crippen molar-refractivity contribution in [3.63, 3.8) is 0 Å². The Morgan fingerprint density at radius 3 is 2.97 bits per heavy atom. The first-order valence-corrected chi connectivity index (χ1v) is 15.7. The zero-order valence-corrected chi connectivity index (χ0v) is 21.6. The van der Waals surface area contributed by atoms with Crippen LogP contribution in [-0.4, -0.2) is 60.5 Å². The predicted octanol–water partition coefficient (Wildman–Crippen LogP) is 2.85. The number of ether oxygens (including phenoxy) is 3. The lowest BCUT2D eigenvalue weighted by atomic mass is 10.0. The number of carbonyl (C=O) groups excluding carboxylic acids is 1. The molecule has 188 valence electrons. The Hall–Kier alpha value is -2.91. The Bertz CT molecular complexity index is 1040. The standard InChI is InChI=1S/C24H34N6O4Si/c1-35(2,3)12-11-32-17-29-13-20(26-16-29)24(31)27-21-15-34-22-5-4-10-30(23(21)22)28-18-6-7-19(8-9-25)33-14-18/h4-5,10,13,16,18-19,28H,6-8,11-12,14-15,17H2,1-3H3,(H,27,31). The van der Waals surface area contributed by atoms with E-state index in [1.807, 2.05) is 23.4 Å². The molecule has 0 bridgehead atoms. The lowest BCUT2D eigenvalue weighted by Crippen LogP contribution is -2.47. The van der Waals surface area contributed by atoms with Crippen molar-refractivity contribution >= 4 is 14.0 Å². The molecule has 0 saturated carbocycles. The Kier molecular flexibility index (Phi) is 8.07. The van der Waals surface area contributed by atoms with E-state index in [2.05, 4.69) is 41.4 Å². The van der Waals surface area contributed by atoms with Crippen molar-refractivity contribution in [1.29, 1.82) is 5.26 Å². The van der Waals surface area contributed by atoms with Crippen LogP contribution >= 0.6 is 0 Å². The quantitative estimate of drug-likeness (QED) is 0.374. The summed E-state index contributed by atoms with van der Waals surface area (Å²) in [5.74, 6) is 0.392. The van der Waals surface area contributed by atoms with Gasteiger partial charge in [0.25, 0.3) is 5.91 Å². The minimum Gasteiger partial charge on any atom is -0.485 e. The van der Waals surface area contributed by atoms with Crippen molar-refractivity contribution in [3.8, 4) is 6.07 Å². The molecule has 4 heterocycles. The SMILES string of the molecule is C[Si](C)(C)CCOCn1cnc(C(=O)NC2=C3C(=CC=CN3NC3CCC(CC#N)OC3)OC2)c1. The molecule has 0 spiro atoms. The predicted molar refractivity (Wildman–Crippen MR) is 132 cm³/mol. The molecule has 2 atom stereocenters. The number of rotatable bonds is 10. The minimum atomic E-state index is -1.14. The van der Waals surface area contributed by atoms with Crippen molar-refractivity contribution in [2.24, 2.45) is 0 Å². The number of carbonyl (C=O) groups is 1. The number of hydrogen-bond donors (Lipinski definition) is 2. The maximum absolute atomic E-state index is 12.9. The van der Waals surface area contributed by atoms with Crippen LogP contribution in [0.2, 0.25) is 25.7 Å². The summed E-state index contributed by atoms with van der Waals surface area (Å²) in [6.07, 6.45) is 11.1. The molecular formula is C24H34N6O4Si. The van der Waals surface area contributed by atoms with Crippen molar-refractivity contribution in [1.82, 2.24) is 25.3 Å². The van der Waals surface area contributed by atoms with Crippen molar-refractivity contribution in [3.05, 3.63) is 53.7 Å². The molecule has 0 aliphatic carbocycles. The van der Waals surface area contributed by atoms with E-state index in [1.165, 1.54) is 0 Å². The lowest BCUT2D eigenvalue weighted by Gasteiger charge is -2.34. The monoisotopic (exact) mass is 498 g/mol. The molecule has 1 aromatic rings. The first kappa shape index (κ1) is 25.2. The number of imidazole rings is 1. The van der Waals surface area contributed by atoms with Gasteiger partial charge >= 0.3 is 0 Å². The second-order valence-electron chi connectivity index (χ2n) is 10.2. The molecule has 4 rings (SSSR count). The highest BCUT2D eigenvalue weighted by molar-refractivity contribution is 6.76. The van der Waals surface area contributed by atoms with E-state index in [9.17, 15) is 4.79 Å². The summed E-state index contributed by atoms with van der Waals surface area (Å²) in [5, 5.41) is 13.7. The van der Waals surface area contributed by atoms with Crippen LogP contribution in [0.5, 0.6) is 0 Å². The second kappa shape index (κ2) is 11.2. The number of allylic oxidation sites excluding steroid dienone is 2. The van der Waals surface area contributed by atoms with Crippen LogP contribution in [0.15, 0.2) is 48.0 Å². The van der Waals surface area contributed by atoms with Crippen molar-refractivity contribution < 1.29 is 19.0 Å². The van der Waals surface area contributed by atoms with E-state index in [-0.39, 0.29) is 24.7 Å². The Morgan fingerprint density at radius 2 is 2.23 bits per heavy atom. The number of hydrogen-bond acceptors (Lipinski definition) is 8. The van der Waals surface area contributed by atoms with Crippen LogP contribution in [0, 0.1) is 11.3 Å². The highest BCUT2D eigenvalue weighted by Crippen LogP contribution is 2.30. The Morgan fingerprint density at radius 1 is 1.37 bits per heavy atom. The highest BCUT2D eigenvalue weighted by Gasteiger charge is 2.31. The van der Waals surface area contributed by atoms with Gasteiger partial charge in [0.15, 0.2) is 0 Å². The summed E-state index contributed by atoms with van der Waals surface area (Å²) in [5.41, 5.74) is 5.21. The van der Waals surface area contributed by atoms with Gasteiger partial charge in [-0.15, -0.1) is 0 Å². The average molecular weight is 499 g/mol. The van der Waals surface area contributed by atoms with Gasteiger partial charge in [-0.2, -0.15) is 5.26 Å². The molecule has 10 nitrogen and oxygen atoms in total. The van der Waals surface area contributed by atoms with Gasteiger partial charge in [0, 0.05) is 27.1 Å². The smallest absolute Gasteiger partial charge is 0.275 e. The average Bonchev–Trinajstić information content (AvgIpc) is 3.46. The lowest BCUT2D eigenvalue weighted by molar-refractivity contribution is -0.0108. The zero-order valence-electron chi connectivity index (χ0n) is 20.6. The summed E-state index contributed by atoms with van der Waals surface area (Å²) in [6.45, 7) is 8.80. The van der Waals surface area contributed by atoms with Crippen molar-refractivity contribution in [2.75, 3.05) is 19.8 Å². The van der Waals surface area contributed by atoms with Gasteiger partial charge in [-0.25, -0.2) is 10.4 Å². The van der Waals surface area contributed by atoms with Gasteiger partial charge < -0.3 is 24.1 Å². The highest BCUT2D eigenvalue weighted by atomic mass is 28.3. The number of amides is 1. The summed E-state index contributed by atoms with van der Waals surface area (Å²) in [6, 6.07) is 3.35. The van der Waals surface area contributed by atoms with E-state index in [1.54, 1.807) is 17.1 Å². The molecule has 35 heavy (non-hydrogen) atoms. The molecule has 1 aromatic heterocycles. The number of nitrogens with zero attached hydrogens (tertiary/aromatic N) is 4.